The maximum Gasteiger partial charge on any atom is 0.330 e. The van der Waals surface area contributed by atoms with Gasteiger partial charge in [-0.1, -0.05) is 0 Å². The smallest absolute Gasteiger partial charge is 0.330 e. The Morgan fingerprint density at radius 1 is 1.09 bits per heavy atom. The quantitative estimate of drug-likeness (QED) is 0.165. The number of phosphoric ester groups is 2. The van der Waals surface area contributed by atoms with Gasteiger partial charge in [0.1, 0.15) is 42.7 Å². The van der Waals surface area contributed by atoms with Gasteiger partial charge in [-0.25, -0.2) is 9.11 Å². The number of nitrogens with zero attached hydrogens (tertiary/aromatic N) is 1. The van der Waals surface area contributed by atoms with Crippen LogP contribution in [0, 0.1) is 0 Å². The Balaban J connectivity index is 1.61. The Morgan fingerprint density at radius 2 is 1.74 bits per heavy atom. The van der Waals surface area contributed by atoms with Crippen molar-refractivity contribution in [1.82, 2.24) is 9.55 Å². The van der Waals surface area contributed by atoms with Gasteiger partial charge in [0.15, 0.2) is 12.5 Å². The van der Waals surface area contributed by atoms with Crippen LogP contribution in [0.2, 0.25) is 0 Å². The van der Waals surface area contributed by atoms with Crippen LogP contribution in [0.1, 0.15) is 13.2 Å². The fourth-order valence-electron chi connectivity index (χ4n) is 3.35. The van der Waals surface area contributed by atoms with Crippen LogP contribution in [0.5, 0.6) is 0 Å². The molecule has 3 heterocycles. The van der Waals surface area contributed by atoms with Crippen molar-refractivity contribution in [2.45, 2.75) is 62.1 Å². The standard InChI is InChI=1S/C15H25N3O15P2/c1-5-8(16)10(21)12(23)14(30-5)32-35(27,28)33-34(25,26)29-4-6-9(20)11(22)13(31-6)18-3-2-7(19)17-15(18)24/h2-3,5-6,8-14,20-23H,4,16H2,1H3,(H,25,26)(H,27,28)(H,17,19,24)/p-1/t5-,6-,8+,9-,10+,11-,12-,13-,14-/m1/s1. The summed E-state index contributed by atoms with van der Waals surface area (Å²) < 4.78 is 47.8. The summed E-state index contributed by atoms with van der Waals surface area (Å²) in [7, 11) is -11.5. The summed E-state index contributed by atoms with van der Waals surface area (Å²) in [5.41, 5.74) is 1.81. The summed E-state index contributed by atoms with van der Waals surface area (Å²) in [6.07, 6.45) is -12.0. The molecule has 200 valence electrons. The van der Waals surface area contributed by atoms with E-state index in [-0.39, 0.29) is 0 Å². The molecule has 0 aliphatic carbocycles. The normalized spacial score (nSPS) is 39.1. The Morgan fingerprint density at radius 3 is 2.37 bits per heavy atom. The van der Waals surface area contributed by atoms with Crippen molar-refractivity contribution in [3.63, 3.8) is 0 Å². The van der Waals surface area contributed by atoms with Gasteiger partial charge in [0.05, 0.1) is 6.61 Å². The second-order valence-corrected chi connectivity index (χ2v) is 10.7. The predicted octanol–water partition coefficient (Wildman–Crippen LogP) is -5.78. The third kappa shape index (κ3) is 6.51. The van der Waals surface area contributed by atoms with Crippen LogP contribution >= 0.6 is 15.6 Å². The molecule has 0 amide bonds. The minimum Gasteiger partial charge on any atom is -0.756 e. The zero-order valence-electron chi connectivity index (χ0n) is 17.9. The molecule has 0 radical (unpaired) electrons. The molecule has 2 fully saturated rings. The van der Waals surface area contributed by atoms with Gasteiger partial charge < -0.3 is 49.9 Å². The number of rotatable bonds is 8. The minimum atomic E-state index is -5.75. The molecule has 2 aliphatic heterocycles. The number of hydrogen-bond acceptors (Lipinski definition) is 15. The lowest BCUT2D eigenvalue weighted by atomic mass is 9.98. The number of aromatic nitrogens is 2. The van der Waals surface area contributed by atoms with Crippen LogP contribution in [0.4, 0.5) is 0 Å². The lowest BCUT2D eigenvalue weighted by Gasteiger charge is -2.40. The average Bonchev–Trinajstić information content (AvgIpc) is 3.02. The van der Waals surface area contributed by atoms with Gasteiger partial charge in [-0.15, -0.1) is 0 Å². The number of quaternary nitrogens is 1. The molecule has 0 bridgehead atoms. The average molecular weight is 548 g/mol. The van der Waals surface area contributed by atoms with Crippen LogP contribution in [-0.2, 0) is 32.0 Å². The van der Waals surface area contributed by atoms with E-state index in [1.54, 1.807) is 0 Å². The topological polar surface area (TPSA) is 290 Å². The van der Waals surface area contributed by atoms with Crippen molar-refractivity contribution < 1.29 is 67.9 Å². The first-order chi connectivity index (χ1) is 16.1. The second kappa shape index (κ2) is 10.6. The number of nitrogens with one attached hydrogen (secondary N) is 1. The summed E-state index contributed by atoms with van der Waals surface area (Å²) in [5.74, 6) is 0. The van der Waals surface area contributed by atoms with Gasteiger partial charge in [0, 0.05) is 12.3 Å². The molecule has 18 nitrogen and oxygen atoms in total. The number of hydrogen-bond donors (Lipinski definition) is 6. The Kier molecular flexibility index (Phi) is 8.52. The molecule has 0 aromatic carbocycles. The zero-order chi connectivity index (χ0) is 26.3. The summed E-state index contributed by atoms with van der Waals surface area (Å²) >= 11 is 0. The van der Waals surface area contributed by atoms with Gasteiger partial charge in [-0.05, 0) is 6.92 Å². The number of aromatic amines is 1. The molecule has 35 heavy (non-hydrogen) atoms. The molecule has 20 heteroatoms. The molecule has 3 rings (SSSR count). The van der Waals surface area contributed by atoms with Crippen molar-refractivity contribution in [1.29, 1.82) is 0 Å². The van der Waals surface area contributed by atoms with Crippen LogP contribution in [0.15, 0.2) is 21.9 Å². The molecular weight excluding hydrogens is 524 g/mol. The maximum absolute atomic E-state index is 12.0. The van der Waals surface area contributed by atoms with Crippen molar-refractivity contribution in [3.05, 3.63) is 33.1 Å². The third-order valence-corrected chi connectivity index (χ3v) is 7.84. The largest absolute Gasteiger partial charge is 0.756 e. The van der Waals surface area contributed by atoms with Gasteiger partial charge >= 0.3 is 5.69 Å². The van der Waals surface area contributed by atoms with E-state index in [2.05, 4.69) is 19.1 Å². The molecule has 1 aromatic rings. The van der Waals surface area contributed by atoms with Crippen LogP contribution in [-0.4, -0.2) is 85.5 Å². The van der Waals surface area contributed by atoms with Gasteiger partial charge in [-0.2, -0.15) is 0 Å². The fraction of sp³-hybridized carbons (Fsp3) is 0.733. The van der Waals surface area contributed by atoms with E-state index < -0.39 is 88.7 Å². The summed E-state index contributed by atoms with van der Waals surface area (Å²) in [6, 6.07) is 0.0954. The van der Waals surface area contributed by atoms with E-state index in [1.807, 2.05) is 4.98 Å². The van der Waals surface area contributed by atoms with E-state index in [0.717, 1.165) is 16.8 Å². The number of aliphatic hydroxyl groups is 4. The Bertz CT molecular complexity index is 1110. The van der Waals surface area contributed by atoms with Crippen molar-refractivity contribution in [2.24, 2.45) is 0 Å². The van der Waals surface area contributed by atoms with Crippen LogP contribution < -0.4 is 26.8 Å². The zero-order valence-corrected chi connectivity index (χ0v) is 19.7. The highest BCUT2D eigenvalue weighted by atomic mass is 31.3. The highest BCUT2D eigenvalue weighted by Crippen LogP contribution is 2.56. The Hall–Kier alpha value is -1.34. The molecule has 2 saturated heterocycles. The van der Waals surface area contributed by atoms with Crippen molar-refractivity contribution in [3.8, 4) is 0 Å². The molecule has 0 spiro atoms. The lowest BCUT2D eigenvalue weighted by molar-refractivity contribution is -0.482. The first kappa shape index (κ1) is 28.2. The van der Waals surface area contributed by atoms with E-state index in [4.69, 9.17) is 9.47 Å². The number of aliphatic hydroxyl groups excluding tert-OH is 4. The number of ether oxygens (including phenoxy) is 2. The SMILES string of the molecule is C[C@H]1O[C@H](OP(=O)([O-])OP(=O)([O-])OC[C@H]2O[C@@H](n3ccc(=O)[nH]c3=O)[C@H](O)[C@@H]2O)[C@H](O)[C@@H](O)[C@H]1[NH3+]. The fourth-order valence-corrected chi connectivity index (χ4v) is 5.43. The van der Waals surface area contributed by atoms with E-state index in [0.29, 0.717) is 0 Å². The first-order valence-corrected chi connectivity index (χ1v) is 12.9. The van der Waals surface area contributed by atoms with Gasteiger partial charge in [0.2, 0.25) is 0 Å². The molecule has 11 atom stereocenters. The Labute approximate surface area is 195 Å². The minimum absolute atomic E-state index is 0.726. The van der Waals surface area contributed by atoms with Gasteiger partial charge in [0.25, 0.3) is 21.2 Å². The van der Waals surface area contributed by atoms with E-state index >= 15 is 0 Å². The summed E-state index contributed by atoms with van der Waals surface area (Å²) in [6.45, 7) is 0.339. The van der Waals surface area contributed by atoms with E-state index in [1.165, 1.54) is 6.92 Å². The summed E-state index contributed by atoms with van der Waals surface area (Å²) in [4.78, 5) is 49.0. The number of phosphoric acid groups is 2. The maximum atomic E-state index is 12.0. The third-order valence-electron chi connectivity index (χ3n) is 5.31. The van der Waals surface area contributed by atoms with Crippen LogP contribution in [0.25, 0.3) is 0 Å². The summed E-state index contributed by atoms with van der Waals surface area (Å²) in [5, 5.41) is 40.0. The highest BCUT2D eigenvalue weighted by molar-refractivity contribution is 7.59. The molecule has 8 N–H and O–H groups in total. The molecule has 0 saturated carbocycles. The first-order valence-electron chi connectivity index (χ1n) is 9.96. The van der Waals surface area contributed by atoms with Crippen LogP contribution in [0.3, 0.4) is 0 Å². The molecule has 2 unspecified atom stereocenters. The monoisotopic (exact) mass is 548 g/mol. The predicted molar refractivity (Wildman–Crippen MR) is 104 cm³/mol. The van der Waals surface area contributed by atoms with Crippen molar-refractivity contribution >= 4 is 15.6 Å². The molecular formula is C15H24N3O15P2-. The second-order valence-electron chi connectivity index (χ2n) is 7.80. The molecule has 1 aromatic heterocycles. The molecule has 2 aliphatic rings. The van der Waals surface area contributed by atoms with E-state index in [9.17, 15) is 48.9 Å². The highest BCUT2D eigenvalue weighted by Gasteiger charge is 2.46. The van der Waals surface area contributed by atoms with Gasteiger partial charge in [-0.3, -0.25) is 28.0 Å². The lowest BCUT2D eigenvalue weighted by Crippen LogP contribution is -2.77. The number of H-pyrrole nitrogens is 1. The van der Waals surface area contributed by atoms with Crippen molar-refractivity contribution in [2.75, 3.05) is 6.61 Å².